The van der Waals surface area contributed by atoms with E-state index in [1.165, 1.54) is 11.3 Å². The summed E-state index contributed by atoms with van der Waals surface area (Å²) in [5.74, 6) is 0.146. The van der Waals surface area contributed by atoms with Crippen LogP contribution in [0.3, 0.4) is 0 Å². The molecule has 0 aromatic carbocycles. The van der Waals surface area contributed by atoms with E-state index in [2.05, 4.69) is 5.32 Å². The number of piperidine rings is 1. The molecule has 1 aromatic heterocycles. The number of ketones is 1. The highest BCUT2D eigenvalue weighted by Crippen LogP contribution is 2.37. The first-order valence-corrected chi connectivity index (χ1v) is 10.8. The third kappa shape index (κ3) is 3.60. The maximum absolute atomic E-state index is 12.9. The third-order valence-electron chi connectivity index (χ3n) is 6.24. The number of likely N-dealkylation sites (tertiary alicyclic amines) is 1. The maximum Gasteiger partial charge on any atom is 0.253 e. The summed E-state index contributed by atoms with van der Waals surface area (Å²) in [6.45, 7) is 0.717. The van der Waals surface area contributed by atoms with Crippen molar-refractivity contribution in [2.45, 2.75) is 62.8 Å². The smallest absolute Gasteiger partial charge is 0.253 e. The van der Waals surface area contributed by atoms with Gasteiger partial charge >= 0.3 is 0 Å². The Morgan fingerprint density at radius 2 is 2.15 bits per heavy atom. The Hall–Kier alpha value is -1.57. The fraction of sp³-hybridized carbons (Fsp3) is 0.650. The molecule has 1 saturated carbocycles. The van der Waals surface area contributed by atoms with Crippen LogP contribution < -0.4 is 5.32 Å². The molecular formula is C20H26N2O4S. The Labute approximate surface area is 163 Å². The van der Waals surface area contributed by atoms with Crippen LogP contribution in [0.1, 0.15) is 55.3 Å². The summed E-state index contributed by atoms with van der Waals surface area (Å²) in [4.78, 5) is 39.8. The van der Waals surface area contributed by atoms with Crippen LogP contribution >= 0.6 is 11.3 Å². The van der Waals surface area contributed by atoms with Crippen molar-refractivity contribution in [2.75, 3.05) is 13.2 Å². The first-order chi connectivity index (χ1) is 13.1. The Morgan fingerprint density at radius 1 is 1.33 bits per heavy atom. The van der Waals surface area contributed by atoms with Crippen molar-refractivity contribution in [3.63, 3.8) is 0 Å². The quantitative estimate of drug-likeness (QED) is 0.755. The second-order valence-electron chi connectivity index (χ2n) is 7.96. The number of carbonyl (C=O) groups is 3. The maximum atomic E-state index is 12.9. The number of hydrogen-bond donors (Lipinski definition) is 1. The molecule has 4 rings (SSSR count). The Balaban J connectivity index is 1.66. The van der Waals surface area contributed by atoms with Crippen molar-refractivity contribution in [1.29, 1.82) is 0 Å². The highest BCUT2D eigenvalue weighted by Gasteiger charge is 2.52. The van der Waals surface area contributed by atoms with Crippen LogP contribution in [0.5, 0.6) is 0 Å². The molecular weight excluding hydrogens is 364 g/mol. The van der Waals surface area contributed by atoms with Crippen LogP contribution in [0.25, 0.3) is 0 Å². The minimum absolute atomic E-state index is 0.0159. The third-order valence-corrected chi connectivity index (χ3v) is 6.92. The van der Waals surface area contributed by atoms with Crippen LogP contribution in [-0.2, 0) is 14.3 Å². The van der Waals surface area contributed by atoms with Gasteiger partial charge in [-0.2, -0.15) is 11.3 Å². The predicted octanol–water partition coefficient (Wildman–Crippen LogP) is 2.39. The lowest BCUT2D eigenvalue weighted by Crippen LogP contribution is -2.69. The van der Waals surface area contributed by atoms with Gasteiger partial charge < -0.3 is 10.1 Å². The zero-order chi connectivity index (χ0) is 18.9. The normalized spacial score (nSPS) is 28.7. The summed E-state index contributed by atoms with van der Waals surface area (Å²) in [7, 11) is 0. The number of aldehydes is 1. The molecule has 0 bridgehead atoms. The van der Waals surface area contributed by atoms with Gasteiger partial charge in [-0.05, 0) is 36.6 Å². The standard InChI is InChI=1S/C20H26N2O4S/c23-13-20(10-14-4-1-2-5-14,21-19(25)15-7-9-27-12-15)22-8-3-6-17-18(22)16(24)11-26-17/h7,9,12-14,17-18H,1-6,8,10-11H2,(H,21,25). The summed E-state index contributed by atoms with van der Waals surface area (Å²) in [6, 6.07) is 1.32. The van der Waals surface area contributed by atoms with Gasteiger partial charge in [0, 0.05) is 11.9 Å². The van der Waals surface area contributed by atoms with Crippen molar-refractivity contribution in [2.24, 2.45) is 5.92 Å². The summed E-state index contributed by atoms with van der Waals surface area (Å²) in [5, 5.41) is 6.66. The van der Waals surface area contributed by atoms with Crippen molar-refractivity contribution >= 4 is 29.3 Å². The Morgan fingerprint density at radius 3 is 2.85 bits per heavy atom. The van der Waals surface area contributed by atoms with Gasteiger partial charge in [0.2, 0.25) is 0 Å². The summed E-state index contributed by atoms with van der Waals surface area (Å²) >= 11 is 1.45. The Bertz CT molecular complexity index is 701. The lowest BCUT2D eigenvalue weighted by Gasteiger charge is -2.47. The van der Waals surface area contributed by atoms with E-state index in [-0.39, 0.29) is 24.4 Å². The molecule has 0 radical (unpaired) electrons. The zero-order valence-corrected chi connectivity index (χ0v) is 16.2. The molecule has 2 saturated heterocycles. The van der Waals surface area contributed by atoms with Crippen molar-refractivity contribution in [1.82, 2.24) is 10.2 Å². The lowest BCUT2D eigenvalue weighted by atomic mass is 9.87. The monoisotopic (exact) mass is 390 g/mol. The van der Waals surface area contributed by atoms with Gasteiger partial charge in [-0.15, -0.1) is 0 Å². The molecule has 3 aliphatic rings. The SMILES string of the molecule is O=CC(CC1CCCC1)(NC(=O)c1ccsc1)N1CCCC2OCC(=O)C21. The number of carbonyl (C=O) groups excluding carboxylic acids is 3. The summed E-state index contributed by atoms with van der Waals surface area (Å²) in [6.07, 6.45) is 7.37. The van der Waals surface area contributed by atoms with E-state index in [4.69, 9.17) is 4.74 Å². The largest absolute Gasteiger partial charge is 0.368 e. The van der Waals surface area contributed by atoms with Crippen LogP contribution in [-0.4, -0.2) is 53.8 Å². The number of hydrogen-bond acceptors (Lipinski definition) is 6. The van der Waals surface area contributed by atoms with E-state index in [0.29, 0.717) is 24.4 Å². The number of nitrogens with one attached hydrogen (secondary N) is 1. The van der Waals surface area contributed by atoms with Crippen molar-refractivity contribution < 1.29 is 19.1 Å². The van der Waals surface area contributed by atoms with Gasteiger partial charge in [0.1, 0.15) is 6.61 Å². The molecule has 1 amide bonds. The number of thiophene rings is 1. The molecule has 1 N–H and O–H groups in total. The van der Waals surface area contributed by atoms with E-state index < -0.39 is 11.7 Å². The van der Waals surface area contributed by atoms with Crippen LogP contribution in [0.4, 0.5) is 0 Å². The molecule has 7 heteroatoms. The molecule has 3 unspecified atom stereocenters. The van der Waals surface area contributed by atoms with Gasteiger partial charge in [-0.25, -0.2) is 0 Å². The number of amides is 1. The van der Waals surface area contributed by atoms with E-state index in [0.717, 1.165) is 44.8 Å². The van der Waals surface area contributed by atoms with Crippen molar-refractivity contribution in [3.8, 4) is 0 Å². The Kier molecular flexibility index (Phi) is 5.43. The number of nitrogens with zero attached hydrogens (tertiary/aromatic N) is 1. The fourth-order valence-electron chi connectivity index (χ4n) is 4.94. The number of rotatable bonds is 6. The molecule has 146 valence electrons. The van der Waals surface area contributed by atoms with Crippen LogP contribution in [0, 0.1) is 5.92 Å². The fourth-order valence-corrected chi connectivity index (χ4v) is 5.58. The second kappa shape index (κ2) is 7.81. The van der Waals surface area contributed by atoms with Gasteiger partial charge in [0.15, 0.2) is 17.7 Å². The van der Waals surface area contributed by atoms with Gasteiger partial charge in [-0.3, -0.25) is 19.3 Å². The molecule has 1 aliphatic carbocycles. The van der Waals surface area contributed by atoms with E-state index in [9.17, 15) is 14.4 Å². The van der Waals surface area contributed by atoms with Gasteiger partial charge in [-0.1, -0.05) is 25.7 Å². The van der Waals surface area contributed by atoms with Gasteiger partial charge in [0.25, 0.3) is 5.91 Å². The first kappa shape index (κ1) is 18.8. The molecule has 3 atom stereocenters. The topological polar surface area (TPSA) is 75.7 Å². The summed E-state index contributed by atoms with van der Waals surface area (Å²) < 4.78 is 5.67. The molecule has 1 aromatic rings. The molecule has 3 heterocycles. The van der Waals surface area contributed by atoms with Crippen LogP contribution in [0.15, 0.2) is 16.8 Å². The lowest BCUT2D eigenvalue weighted by molar-refractivity contribution is -0.134. The average Bonchev–Trinajstić information content (AvgIpc) is 3.43. The molecule has 27 heavy (non-hydrogen) atoms. The van der Waals surface area contributed by atoms with Gasteiger partial charge in [0.05, 0.1) is 17.7 Å². The number of ether oxygens (including phenoxy) is 1. The van der Waals surface area contributed by atoms with E-state index in [1.807, 2.05) is 10.3 Å². The highest BCUT2D eigenvalue weighted by atomic mass is 32.1. The van der Waals surface area contributed by atoms with E-state index in [1.54, 1.807) is 11.4 Å². The average molecular weight is 391 g/mol. The second-order valence-corrected chi connectivity index (χ2v) is 8.74. The highest BCUT2D eigenvalue weighted by molar-refractivity contribution is 7.08. The number of fused-ring (bicyclic) bond motifs is 1. The molecule has 6 nitrogen and oxygen atoms in total. The summed E-state index contributed by atoms with van der Waals surface area (Å²) in [5.41, 5.74) is -0.596. The minimum Gasteiger partial charge on any atom is -0.368 e. The minimum atomic E-state index is -1.15. The molecule has 0 spiro atoms. The van der Waals surface area contributed by atoms with Crippen molar-refractivity contribution in [3.05, 3.63) is 22.4 Å². The molecule has 2 aliphatic heterocycles. The van der Waals surface area contributed by atoms with Crippen LogP contribution in [0.2, 0.25) is 0 Å². The molecule has 3 fully saturated rings. The first-order valence-electron chi connectivity index (χ1n) is 9.85. The number of Topliss-reactive ketones (excluding diaryl/α,β-unsaturated/α-hetero) is 1. The van der Waals surface area contributed by atoms with E-state index >= 15 is 0 Å². The zero-order valence-electron chi connectivity index (χ0n) is 15.4. The predicted molar refractivity (Wildman–Crippen MR) is 102 cm³/mol.